The van der Waals surface area contributed by atoms with E-state index in [1.807, 2.05) is 77.7 Å². The number of hydrogen-bond donors (Lipinski definition) is 1. The number of primary amides is 1. The van der Waals surface area contributed by atoms with Crippen LogP contribution in [-0.4, -0.2) is 62.2 Å². The molecule has 0 aliphatic carbocycles. The molecule has 15 heteroatoms. The predicted molar refractivity (Wildman–Crippen MR) is 211 cm³/mol. The van der Waals surface area contributed by atoms with Crippen molar-refractivity contribution < 1.29 is 23.1 Å². The number of furan rings is 2. The zero-order valence-corrected chi connectivity index (χ0v) is 30.7. The highest BCUT2D eigenvalue weighted by Gasteiger charge is 2.37. The van der Waals surface area contributed by atoms with Crippen molar-refractivity contribution in [1.29, 1.82) is 5.26 Å². The molecule has 0 fully saturated rings. The van der Waals surface area contributed by atoms with E-state index in [2.05, 4.69) is 30.9 Å². The van der Waals surface area contributed by atoms with Crippen LogP contribution in [0.25, 0.3) is 33.3 Å². The van der Waals surface area contributed by atoms with Crippen LogP contribution in [0.15, 0.2) is 126 Å². The van der Waals surface area contributed by atoms with E-state index in [4.69, 9.17) is 24.0 Å². The summed E-state index contributed by atoms with van der Waals surface area (Å²) in [6.07, 6.45) is 7.04. The van der Waals surface area contributed by atoms with Crippen LogP contribution in [0.4, 0.5) is 0 Å². The molecule has 8 heterocycles. The van der Waals surface area contributed by atoms with Crippen molar-refractivity contribution in [2.75, 3.05) is 26.2 Å². The van der Waals surface area contributed by atoms with Gasteiger partial charge in [0.15, 0.2) is 21.9 Å². The summed E-state index contributed by atoms with van der Waals surface area (Å²) in [5.74, 6) is 2.31. The molecule has 0 atom stereocenters. The van der Waals surface area contributed by atoms with Gasteiger partial charge in [-0.05, 0) is 84.2 Å². The number of aromatic nitrogens is 2. The van der Waals surface area contributed by atoms with Gasteiger partial charge in [0.25, 0.3) is 5.91 Å². The normalized spacial score (nSPS) is 15.8. The van der Waals surface area contributed by atoms with Crippen molar-refractivity contribution >= 4 is 73.1 Å². The van der Waals surface area contributed by atoms with Gasteiger partial charge in [-0.15, -0.1) is 0 Å². The molecule has 6 aromatic rings. The number of amides is 1. The van der Waals surface area contributed by atoms with E-state index in [9.17, 15) is 10.1 Å². The van der Waals surface area contributed by atoms with E-state index in [-0.39, 0.29) is 0 Å². The molecule has 4 aromatic heterocycles. The molecule has 2 N–H and O–H groups in total. The lowest BCUT2D eigenvalue weighted by Gasteiger charge is -2.14. The fourth-order valence-corrected chi connectivity index (χ4v) is 8.48. The van der Waals surface area contributed by atoms with E-state index in [0.29, 0.717) is 53.3 Å². The largest absolute Gasteiger partial charge is 0.489 e. The lowest BCUT2D eigenvalue weighted by molar-refractivity contribution is -0.113. The molecular weight excluding hydrogens is 737 g/mol. The number of hydrogen-bond acceptors (Lipinski definition) is 14. The lowest BCUT2D eigenvalue weighted by Crippen LogP contribution is -2.20. The summed E-state index contributed by atoms with van der Waals surface area (Å²) in [4.78, 5) is 34.1. The number of nitrogens with two attached hydrogens (primary N) is 1. The number of ether oxygens (including phenoxy) is 2. The van der Waals surface area contributed by atoms with Crippen molar-refractivity contribution in [3.63, 3.8) is 0 Å². The molecule has 0 saturated carbocycles. The Morgan fingerprint density at radius 3 is 1.84 bits per heavy atom. The van der Waals surface area contributed by atoms with Gasteiger partial charge in [0.2, 0.25) is 0 Å². The van der Waals surface area contributed by atoms with Gasteiger partial charge in [-0.25, -0.2) is 0 Å². The molecule has 1 amide bonds. The minimum absolute atomic E-state index is 0.436. The number of fused-ring (bicyclic) bond motifs is 4. The van der Waals surface area contributed by atoms with Crippen molar-refractivity contribution in [3.8, 4) is 17.6 Å². The number of thioether (sulfide) groups is 2. The van der Waals surface area contributed by atoms with Gasteiger partial charge in [0.05, 0.1) is 13.1 Å². The number of pyridine rings is 2. The molecule has 55 heavy (non-hydrogen) atoms. The van der Waals surface area contributed by atoms with Crippen LogP contribution in [0.2, 0.25) is 0 Å². The third-order valence-corrected chi connectivity index (χ3v) is 11.1. The van der Waals surface area contributed by atoms with Gasteiger partial charge in [0, 0.05) is 59.8 Å². The van der Waals surface area contributed by atoms with Crippen LogP contribution in [0.5, 0.6) is 11.5 Å². The Bertz CT molecular complexity index is 2630. The molecule has 272 valence electrons. The van der Waals surface area contributed by atoms with E-state index in [1.54, 1.807) is 24.8 Å². The number of allylic oxidation sites excluding steroid dienone is 1. The fraction of sp³-hybridized carbons (Fsp3) is 0.150. The van der Waals surface area contributed by atoms with Crippen LogP contribution in [-0.2, 0) is 18.0 Å². The second-order valence-corrected chi connectivity index (χ2v) is 14.5. The summed E-state index contributed by atoms with van der Waals surface area (Å²) >= 11 is 2.71. The van der Waals surface area contributed by atoms with Crippen molar-refractivity contribution in [2.45, 2.75) is 13.2 Å². The predicted octanol–water partition coefficient (Wildman–Crippen LogP) is 7.00. The lowest BCUT2D eigenvalue weighted by atomic mass is 10.2. The quantitative estimate of drug-likeness (QED) is 0.160. The Morgan fingerprint density at radius 2 is 1.31 bits per heavy atom. The number of rotatable bonds is 9. The minimum Gasteiger partial charge on any atom is -0.489 e. The summed E-state index contributed by atoms with van der Waals surface area (Å²) in [7, 11) is 0. The SMILES string of the molecule is N#CC1=C(c2cc3cc(OCc4cccnc4)ccc3o2)N2CCN=C2S1.NC(=O)C1=C(c2cc3cc(OCc4cccnc4)ccc3o2)N2CCN=C2S1. The molecule has 0 radical (unpaired) electrons. The van der Waals surface area contributed by atoms with Crippen molar-refractivity contribution in [3.05, 3.63) is 130 Å². The fourth-order valence-electron chi connectivity index (χ4n) is 6.46. The third kappa shape index (κ3) is 6.89. The second-order valence-electron chi connectivity index (χ2n) is 12.6. The molecule has 0 unspecified atom stereocenters. The maximum absolute atomic E-state index is 11.9. The molecule has 4 aliphatic rings. The summed E-state index contributed by atoms with van der Waals surface area (Å²) in [6.45, 7) is 3.83. The number of nitriles is 1. The highest BCUT2D eigenvalue weighted by Crippen LogP contribution is 2.44. The van der Waals surface area contributed by atoms with E-state index < -0.39 is 5.91 Å². The molecule has 0 saturated heterocycles. The highest BCUT2D eigenvalue weighted by atomic mass is 32.2. The van der Waals surface area contributed by atoms with Gasteiger partial charge in [-0.2, -0.15) is 5.26 Å². The first-order valence-electron chi connectivity index (χ1n) is 17.3. The first-order chi connectivity index (χ1) is 27.0. The smallest absolute Gasteiger partial charge is 0.257 e. The minimum atomic E-state index is -0.474. The van der Waals surface area contributed by atoms with Crippen LogP contribution in [0, 0.1) is 11.3 Å². The summed E-state index contributed by atoms with van der Waals surface area (Å²) in [6, 6.07) is 25.2. The van der Waals surface area contributed by atoms with Gasteiger partial charge in [-0.1, -0.05) is 12.1 Å². The first kappa shape index (κ1) is 34.3. The Labute approximate surface area is 322 Å². The zero-order valence-electron chi connectivity index (χ0n) is 29.0. The Morgan fingerprint density at radius 1 is 0.764 bits per heavy atom. The van der Waals surface area contributed by atoms with Gasteiger partial charge < -0.3 is 33.8 Å². The standard InChI is InChI=1S/C20H16N4O3S.C20H14N4O2S/c21-19(25)18-17(24-7-6-23-20(24)28-18)16-9-13-8-14(3-4-15(13)27-16)26-11-12-2-1-5-22-10-12;21-10-18-19(24-7-6-23-20(24)27-18)17-9-14-8-15(3-4-16(14)26-17)25-12-13-2-1-5-22-11-13/h1-5,8-10H,6-7,11H2,(H2,21,25);1-5,8-9,11H,6-7,12H2. The maximum Gasteiger partial charge on any atom is 0.257 e. The Kier molecular flexibility index (Phi) is 9.18. The van der Waals surface area contributed by atoms with Crippen LogP contribution < -0.4 is 15.2 Å². The molecule has 13 nitrogen and oxygen atoms in total. The summed E-state index contributed by atoms with van der Waals surface area (Å²) < 4.78 is 23.8. The third-order valence-electron chi connectivity index (χ3n) is 8.98. The molecule has 0 spiro atoms. The average molecular weight is 767 g/mol. The van der Waals surface area contributed by atoms with Crippen LogP contribution >= 0.6 is 23.5 Å². The van der Waals surface area contributed by atoms with E-state index >= 15 is 0 Å². The molecule has 4 aliphatic heterocycles. The topological polar surface area (TPSA) is 169 Å². The number of carbonyl (C=O) groups is 1. The highest BCUT2D eigenvalue weighted by molar-refractivity contribution is 8.18. The first-order valence-corrected chi connectivity index (χ1v) is 18.9. The van der Waals surface area contributed by atoms with Crippen molar-refractivity contribution in [1.82, 2.24) is 19.8 Å². The maximum atomic E-state index is 11.9. The number of amidine groups is 2. The molecule has 10 rings (SSSR count). The molecular formula is C40H30N8O5S2. The van der Waals surface area contributed by atoms with Crippen LogP contribution in [0.3, 0.4) is 0 Å². The number of aliphatic imine (C=N–C) groups is 2. The monoisotopic (exact) mass is 766 g/mol. The number of benzene rings is 2. The van der Waals surface area contributed by atoms with E-state index in [1.165, 1.54) is 23.5 Å². The van der Waals surface area contributed by atoms with E-state index in [0.717, 1.165) is 73.7 Å². The Hall–Kier alpha value is -6.50. The number of carbonyl (C=O) groups excluding carboxylic acids is 1. The summed E-state index contributed by atoms with van der Waals surface area (Å²) in [5.41, 5.74) is 10.6. The van der Waals surface area contributed by atoms with Crippen LogP contribution in [0.1, 0.15) is 22.6 Å². The number of nitrogens with zero attached hydrogens (tertiary/aromatic N) is 7. The molecule has 2 aromatic carbocycles. The van der Waals surface area contributed by atoms with Gasteiger partial charge in [-0.3, -0.25) is 24.7 Å². The zero-order chi connectivity index (χ0) is 37.3. The average Bonchev–Trinajstić information content (AvgIpc) is 4.06. The second kappa shape index (κ2) is 14.7. The van der Waals surface area contributed by atoms with Gasteiger partial charge in [0.1, 0.15) is 63.2 Å². The summed E-state index contributed by atoms with van der Waals surface area (Å²) in [5, 5.41) is 13.0. The Balaban J connectivity index is 0.000000144. The van der Waals surface area contributed by atoms with Crippen molar-refractivity contribution in [2.24, 2.45) is 15.7 Å². The molecule has 0 bridgehead atoms. The van der Waals surface area contributed by atoms with Gasteiger partial charge >= 0.3 is 0 Å².